The highest BCUT2D eigenvalue weighted by molar-refractivity contribution is 5.81. The number of carbonyl (C=O) groups excluding carboxylic acids is 1. The Bertz CT molecular complexity index is 578. The minimum absolute atomic E-state index is 0.187. The van der Waals surface area contributed by atoms with Crippen LogP contribution in [0.2, 0.25) is 0 Å². The molecule has 6 heteroatoms. The van der Waals surface area contributed by atoms with Gasteiger partial charge in [0.2, 0.25) is 5.91 Å². The first-order valence-electron chi connectivity index (χ1n) is 6.28. The van der Waals surface area contributed by atoms with Gasteiger partial charge in [-0.3, -0.25) is 4.79 Å². The Morgan fingerprint density at radius 1 is 1.45 bits per heavy atom. The Morgan fingerprint density at radius 2 is 2.15 bits per heavy atom. The fraction of sp³-hybridized carbons (Fsp3) is 0.286. The highest BCUT2D eigenvalue weighted by Crippen LogP contribution is 2.11. The van der Waals surface area contributed by atoms with Gasteiger partial charge in [-0.1, -0.05) is 17.3 Å². The molecule has 2 rings (SSSR count). The molecule has 0 saturated heterocycles. The number of hydrogen-bond acceptors (Lipinski definition) is 5. The van der Waals surface area contributed by atoms with Crippen LogP contribution in [0.25, 0.3) is 0 Å². The molecule has 20 heavy (non-hydrogen) atoms. The number of carbonyl (C=O) groups is 1. The highest BCUT2D eigenvalue weighted by atomic mass is 16.5. The number of hydrogen-bond donors (Lipinski definition) is 3. The van der Waals surface area contributed by atoms with E-state index in [4.69, 9.17) is 10.3 Å². The van der Waals surface area contributed by atoms with Crippen molar-refractivity contribution in [2.45, 2.75) is 25.9 Å². The quantitative estimate of drug-likeness (QED) is 0.751. The molecule has 1 aromatic heterocycles. The molecule has 4 N–H and O–H groups in total. The largest absolute Gasteiger partial charge is 0.508 e. The summed E-state index contributed by atoms with van der Waals surface area (Å²) in [6.45, 7) is 2.08. The van der Waals surface area contributed by atoms with Crippen LogP contribution in [0.1, 0.15) is 17.0 Å². The molecule has 1 aromatic carbocycles. The number of rotatable bonds is 5. The topological polar surface area (TPSA) is 101 Å². The molecule has 0 aliphatic rings. The molecule has 0 fully saturated rings. The smallest absolute Gasteiger partial charge is 0.237 e. The van der Waals surface area contributed by atoms with Crippen molar-refractivity contribution >= 4 is 5.91 Å². The number of nitrogens with one attached hydrogen (secondary N) is 1. The van der Waals surface area contributed by atoms with E-state index >= 15 is 0 Å². The van der Waals surface area contributed by atoms with E-state index in [0.717, 1.165) is 11.3 Å². The SMILES string of the molecule is Cc1cc(CNC(=O)[C@H](N)Cc2ccc(O)cc2)on1. The van der Waals surface area contributed by atoms with Crippen LogP contribution in [0.5, 0.6) is 5.75 Å². The summed E-state index contributed by atoms with van der Waals surface area (Å²) >= 11 is 0. The molecule has 0 spiro atoms. The molecule has 1 amide bonds. The molecule has 0 bridgehead atoms. The predicted molar refractivity (Wildman–Crippen MR) is 72.9 cm³/mol. The van der Waals surface area contributed by atoms with E-state index in [2.05, 4.69) is 10.5 Å². The van der Waals surface area contributed by atoms with Gasteiger partial charge < -0.3 is 20.7 Å². The fourth-order valence-electron chi connectivity index (χ4n) is 1.78. The first kappa shape index (κ1) is 14.1. The van der Waals surface area contributed by atoms with Crippen molar-refractivity contribution in [3.05, 3.63) is 47.3 Å². The first-order chi connectivity index (χ1) is 9.54. The zero-order chi connectivity index (χ0) is 14.5. The average molecular weight is 275 g/mol. The van der Waals surface area contributed by atoms with Gasteiger partial charge in [-0.05, 0) is 31.0 Å². The fourth-order valence-corrected chi connectivity index (χ4v) is 1.78. The molecular formula is C14H17N3O3. The summed E-state index contributed by atoms with van der Waals surface area (Å²) in [5.41, 5.74) is 7.49. The maximum absolute atomic E-state index is 11.8. The zero-order valence-electron chi connectivity index (χ0n) is 11.2. The van der Waals surface area contributed by atoms with Gasteiger partial charge in [-0.15, -0.1) is 0 Å². The van der Waals surface area contributed by atoms with Crippen LogP contribution in [0.4, 0.5) is 0 Å². The van der Waals surface area contributed by atoms with Gasteiger partial charge >= 0.3 is 0 Å². The lowest BCUT2D eigenvalue weighted by atomic mass is 10.1. The van der Waals surface area contributed by atoms with Crippen molar-refractivity contribution in [2.75, 3.05) is 0 Å². The molecule has 0 saturated carbocycles. The highest BCUT2D eigenvalue weighted by Gasteiger charge is 2.14. The van der Waals surface area contributed by atoms with Gasteiger partial charge in [-0.25, -0.2) is 0 Å². The van der Waals surface area contributed by atoms with E-state index in [1.165, 1.54) is 0 Å². The van der Waals surface area contributed by atoms with Crippen LogP contribution < -0.4 is 11.1 Å². The second kappa shape index (κ2) is 6.21. The molecular weight excluding hydrogens is 258 g/mol. The second-order valence-corrected chi connectivity index (χ2v) is 4.63. The normalized spacial score (nSPS) is 12.1. The van der Waals surface area contributed by atoms with Gasteiger partial charge in [0.15, 0.2) is 5.76 Å². The van der Waals surface area contributed by atoms with Crippen LogP contribution in [0.15, 0.2) is 34.9 Å². The van der Waals surface area contributed by atoms with Crippen LogP contribution in [0, 0.1) is 6.92 Å². The number of aromatic hydroxyl groups is 1. The average Bonchev–Trinajstić information content (AvgIpc) is 2.84. The molecule has 0 aliphatic carbocycles. The predicted octanol–water partition coefficient (Wildman–Crippen LogP) is 0.875. The summed E-state index contributed by atoms with van der Waals surface area (Å²) in [6.07, 6.45) is 0.404. The second-order valence-electron chi connectivity index (χ2n) is 4.63. The third-order valence-corrected chi connectivity index (χ3v) is 2.84. The van der Waals surface area contributed by atoms with Crippen molar-refractivity contribution < 1.29 is 14.4 Å². The van der Waals surface area contributed by atoms with E-state index in [9.17, 15) is 9.90 Å². The summed E-state index contributed by atoms with van der Waals surface area (Å²) in [6, 6.07) is 7.72. The van der Waals surface area contributed by atoms with Gasteiger partial charge in [0.1, 0.15) is 5.75 Å². The Morgan fingerprint density at radius 3 is 2.75 bits per heavy atom. The minimum atomic E-state index is -0.649. The molecule has 0 unspecified atom stereocenters. The third kappa shape index (κ3) is 3.83. The lowest BCUT2D eigenvalue weighted by molar-refractivity contribution is -0.122. The number of nitrogens with zero attached hydrogens (tertiary/aromatic N) is 1. The number of phenols is 1. The zero-order valence-corrected chi connectivity index (χ0v) is 11.2. The maximum Gasteiger partial charge on any atom is 0.237 e. The van der Waals surface area contributed by atoms with Crippen LogP contribution in [0.3, 0.4) is 0 Å². The Labute approximate surface area is 116 Å². The van der Waals surface area contributed by atoms with Crippen molar-refractivity contribution in [2.24, 2.45) is 5.73 Å². The lowest BCUT2D eigenvalue weighted by Gasteiger charge is -2.11. The standard InChI is InChI=1S/C14H17N3O3/c1-9-6-12(20-17-9)8-16-14(19)13(15)7-10-2-4-11(18)5-3-10/h2-6,13,18H,7-8,15H2,1H3,(H,16,19)/t13-/m1/s1. The van der Waals surface area contributed by atoms with Crippen LogP contribution in [-0.2, 0) is 17.8 Å². The van der Waals surface area contributed by atoms with Gasteiger partial charge in [0.25, 0.3) is 0 Å². The number of nitrogens with two attached hydrogens (primary N) is 1. The Kier molecular flexibility index (Phi) is 4.37. The van der Waals surface area contributed by atoms with E-state index in [1.807, 2.05) is 6.92 Å². The van der Waals surface area contributed by atoms with Gasteiger partial charge in [0.05, 0.1) is 18.3 Å². The number of phenolic OH excluding ortho intramolecular Hbond substituents is 1. The molecule has 0 radical (unpaired) electrons. The summed E-state index contributed by atoms with van der Waals surface area (Å²) < 4.78 is 4.99. The molecule has 1 heterocycles. The van der Waals surface area contributed by atoms with E-state index in [1.54, 1.807) is 30.3 Å². The number of aryl methyl sites for hydroxylation is 1. The van der Waals surface area contributed by atoms with Gasteiger partial charge in [0, 0.05) is 6.07 Å². The summed E-state index contributed by atoms with van der Waals surface area (Å²) in [4.78, 5) is 11.8. The minimum Gasteiger partial charge on any atom is -0.508 e. The summed E-state index contributed by atoms with van der Waals surface area (Å²) in [7, 11) is 0. The van der Waals surface area contributed by atoms with Gasteiger partial charge in [-0.2, -0.15) is 0 Å². The molecule has 106 valence electrons. The lowest BCUT2D eigenvalue weighted by Crippen LogP contribution is -2.41. The van der Waals surface area contributed by atoms with Crippen molar-refractivity contribution in [3.63, 3.8) is 0 Å². The number of amides is 1. The maximum atomic E-state index is 11.8. The molecule has 6 nitrogen and oxygen atoms in total. The molecule has 1 atom stereocenters. The Hall–Kier alpha value is -2.34. The van der Waals surface area contributed by atoms with Crippen molar-refractivity contribution in [1.29, 1.82) is 0 Å². The number of benzene rings is 1. The van der Waals surface area contributed by atoms with Crippen LogP contribution >= 0.6 is 0 Å². The molecule has 2 aromatic rings. The first-order valence-corrected chi connectivity index (χ1v) is 6.28. The molecule has 0 aliphatic heterocycles. The van der Waals surface area contributed by atoms with E-state index < -0.39 is 6.04 Å². The third-order valence-electron chi connectivity index (χ3n) is 2.84. The summed E-state index contributed by atoms with van der Waals surface area (Å²) in [5.74, 6) is 0.521. The van der Waals surface area contributed by atoms with Crippen LogP contribution in [-0.4, -0.2) is 22.2 Å². The van der Waals surface area contributed by atoms with Crippen molar-refractivity contribution in [3.8, 4) is 5.75 Å². The number of aromatic nitrogens is 1. The summed E-state index contributed by atoms with van der Waals surface area (Å²) in [5, 5.41) is 15.6. The monoisotopic (exact) mass is 275 g/mol. The van der Waals surface area contributed by atoms with E-state index in [0.29, 0.717) is 12.2 Å². The van der Waals surface area contributed by atoms with Crippen molar-refractivity contribution in [1.82, 2.24) is 10.5 Å². The van der Waals surface area contributed by atoms with E-state index in [-0.39, 0.29) is 18.2 Å². The Balaban J connectivity index is 1.84.